The molecule has 0 spiro atoms. The van der Waals surface area contributed by atoms with Crippen LogP contribution < -0.4 is 0 Å². The summed E-state index contributed by atoms with van der Waals surface area (Å²) < 4.78 is 29.8. The second-order valence-electron chi connectivity index (χ2n) is 6.81. The van der Waals surface area contributed by atoms with Crippen molar-refractivity contribution in [1.82, 2.24) is 0 Å². The molecule has 0 aromatic heterocycles. The van der Waals surface area contributed by atoms with Crippen LogP contribution in [0.1, 0.15) is 105 Å². The SMILES string of the molecule is CCCCCCC(C)OP(=O)(OCCC)OC(C)CCCCCC. The van der Waals surface area contributed by atoms with Crippen LogP contribution in [0.5, 0.6) is 0 Å². The van der Waals surface area contributed by atoms with Crippen molar-refractivity contribution in [2.24, 2.45) is 0 Å². The average Bonchev–Trinajstić information content (AvgIpc) is 2.53. The Labute approximate surface area is 150 Å². The van der Waals surface area contributed by atoms with Crippen molar-refractivity contribution in [2.45, 2.75) is 117 Å². The molecule has 0 N–H and O–H groups in total. The summed E-state index contributed by atoms with van der Waals surface area (Å²) in [6.45, 7) is 10.7. The molecule has 0 aromatic rings. The fourth-order valence-corrected chi connectivity index (χ4v) is 4.22. The number of unbranched alkanes of at least 4 members (excludes halogenated alkanes) is 6. The van der Waals surface area contributed by atoms with E-state index in [0.29, 0.717) is 6.61 Å². The molecule has 0 radical (unpaired) electrons. The zero-order chi connectivity index (χ0) is 18.3. The molecule has 0 bridgehead atoms. The van der Waals surface area contributed by atoms with Gasteiger partial charge in [-0.05, 0) is 33.1 Å². The van der Waals surface area contributed by atoms with Gasteiger partial charge in [0.2, 0.25) is 0 Å². The zero-order valence-corrected chi connectivity index (χ0v) is 17.6. The topological polar surface area (TPSA) is 44.8 Å². The normalized spacial score (nSPS) is 16.7. The van der Waals surface area contributed by atoms with E-state index in [-0.39, 0.29) is 12.2 Å². The smallest absolute Gasteiger partial charge is 0.287 e. The Kier molecular flexibility index (Phi) is 15.4. The van der Waals surface area contributed by atoms with Gasteiger partial charge in [-0.3, -0.25) is 13.6 Å². The molecule has 0 amide bonds. The Morgan fingerprint density at radius 2 is 1.17 bits per heavy atom. The summed E-state index contributed by atoms with van der Waals surface area (Å²) in [4.78, 5) is 0. The van der Waals surface area contributed by atoms with Gasteiger partial charge < -0.3 is 0 Å². The van der Waals surface area contributed by atoms with Crippen LogP contribution in [0.3, 0.4) is 0 Å². The molecule has 0 aliphatic heterocycles. The number of rotatable bonds is 17. The number of hydrogen-bond donors (Lipinski definition) is 0. The van der Waals surface area contributed by atoms with E-state index < -0.39 is 7.82 Å². The maximum atomic E-state index is 12.9. The molecular formula is C19H41O4P. The van der Waals surface area contributed by atoms with Crippen LogP contribution in [0.2, 0.25) is 0 Å². The lowest BCUT2D eigenvalue weighted by Crippen LogP contribution is -2.14. The molecule has 24 heavy (non-hydrogen) atoms. The van der Waals surface area contributed by atoms with Gasteiger partial charge in [0.05, 0.1) is 18.8 Å². The standard InChI is InChI=1S/C19H41O4P/c1-6-9-11-13-15-18(4)22-24(20,21-17-8-3)23-19(5)16-14-12-10-7-2/h18-19H,6-17H2,1-5H3. The summed E-state index contributed by atoms with van der Waals surface area (Å²) in [6.07, 6.45) is 11.9. The number of hydrogen-bond acceptors (Lipinski definition) is 4. The third-order valence-electron chi connectivity index (χ3n) is 4.00. The molecular weight excluding hydrogens is 323 g/mol. The van der Waals surface area contributed by atoms with E-state index in [0.717, 1.165) is 32.1 Å². The van der Waals surface area contributed by atoms with Gasteiger partial charge in [0, 0.05) is 0 Å². The third-order valence-corrected chi connectivity index (χ3v) is 5.74. The molecule has 4 nitrogen and oxygen atoms in total. The Morgan fingerprint density at radius 1 is 0.708 bits per heavy atom. The largest absolute Gasteiger partial charge is 0.475 e. The molecule has 0 rings (SSSR count). The average molecular weight is 365 g/mol. The van der Waals surface area contributed by atoms with E-state index >= 15 is 0 Å². The molecule has 0 heterocycles. The molecule has 0 saturated carbocycles. The second-order valence-corrected chi connectivity index (χ2v) is 8.39. The molecule has 0 fully saturated rings. The van der Waals surface area contributed by atoms with E-state index in [4.69, 9.17) is 13.6 Å². The monoisotopic (exact) mass is 364 g/mol. The van der Waals surface area contributed by atoms with Gasteiger partial charge in [-0.25, -0.2) is 4.57 Å². The van der Waals surface area contributed by atoms with Gasteiger partial charge in [0.15, 0.2) is 0 Å². The summed E-state index contributed by atoms with van der Waals surface area (Å²) in [6, 6.07) is 0. The van der Waals surface area contributed by atoms with Crippen molar-refractivity contribution in [3.63, 3.8) is 0 Å². The highest BCUT2D eigenvalue weighted by atomic mass is 31.2. The lowest BCUT2D eigenvalue weighted by atomic mass is 10.1. The van der Waals surface area contributed by atoms with E-state index in [1.54, 1.807) is 0 Å². The van der Waals surface area contributed by atoms with Gasteiger partial charge in [0.25, 0.3) is 0 Å². The first-order valence-corrected chi connectivity index (χ1v) is 11.5. The van der Waals surface area contributed by atoms with Crippen molar-refractivity contribution in [3.8, 4) is 0 Å². The highest BCUT2D eigenvalue weighted by molar-refractivity contribution is 7.48. The second kappa shape index (κ2) is 15.4. The van der Waals surface area contributed by atoms with Crippen LogP contribution in [0.4, 0.5) is 0 Å². The van der Waals surface area contributed by atoms with Gasteiger partial charge in [-0.15, -0.1) is 0 Å². The van der Waals surface area contributed by atoms with E-state index in [9.17, 15) is 4.57 Å². The summed E-state index contributed by atoms with van der Waals surface area (Å²) >= 11 is 0. The maximum absolute atomic E-state index is 12.9. The highest BCUT2D eigenvalue weighted by Crippen LogP contribution is 2.52. The van der Waals surface area contributed by atoms with Gasteiger partial charge in [-0.1, -0.05) is 72.1 Å². The van der Waals surface area contributed by atoms with Crippen LogP contribution >= 0.6 is 7.82 Å². The quantitative estimate of drug-likeness (QED) is 0.201. The first-order valence-electron chi connectivity index (χ1n) is 10.1. The Hall–Kier alpha value is 0.110. The van der Waals surface area contributed by atoms with E-state index in [1.165, 1.54) is 38.5 Å². The Morgan fingerprint density at radius 3 is 1.54 bits per heavy atom. The van der Waals surface area contributed by atoms with Crippen LogP contribution in [-0.4, -0.2) is 18.8 Å². The lowest BCUT2D eigenvalue weighted by Gasteiger charge is -2.24. The van der Waals surface area contributed by atoms with Crippen LogP contribution in [0.15, 0.2) is 0 Å². The first-order chi connectivity index (χ1) is 11.5. The minimum absolute atomic E-state index is 0.100. The van der Waals surface area contributed by atoms with Crippen molar-refractivity contribution in [3.05, 3.63) is 0 Å². The van der Waals surface area contributed by atoms with Crippen molar-refractivity contribution in [2.75, 3.05) is 6.61 Å². The maximum Gasteiger partial charge on any atom is 0.475 e. The molecule has 2 atom stereocenters. The van der Waals surface area contributed by atoms with Gasteiger partial charge >= 0.3 is 7.82 Å². The van der Waals surface area contributed by atoms with Crippen LogP contribution in [0, 0.1) is 0 Å². The molecule has 2 unspecified atom stereocenters. The first kappa shape index (κ1) is 24.1. The molecule has 0 aliphatic carbocycles. The molecule has 5 heteroatoms. The molecule has 0 saturated heterocycles. The van der Waals surface area contributed by atoms with E-state index in [1.807, 2.05) is 20.8 Å². The van der Waals surface area contributed by atoms with Crippen molar-refractivity contribution < 1.29 is 18.1 Å². The third kappa shape index (κ3) is 13.4. The summed E-state index contributed by atoms with van der Waals surface area (Å²) in [5.41, 5.74) is 0. The molecule has 0 aromatic carbocycles. The van der Waals surface area contributed by atoms with Crippen molar-refractivity contribution >= 4 is 7.82 Å². The summed E-state index contributed by atoms with van der Waals surface area (Å²) in [5.74, 6) is 0. The van der Waals surface area contributed by atoms with Crippen LogP contribution in [0.25, 0.3) is 0 Å². The van der Waals surface area contributed by atoms with Gasteiger partial charge in [-0.2, -0.15) is 0 Å². The minimum atomic E-state index is -3.46. The van der Waals surface area contributed by atoms with E-state index in [2.05, 4.69) is 13.8 Å². The highest BCUT2D eigenvalue weighted by Gasteiger charge is 2.31. The zero-order valence-electron chi connectivity index (χ0n) is 16.7. The molecule has 0 aliphatic rings. The number of phosphoric acid groups is 1. The summed E-state index contributed by atoms with van der Waals surface area (Å²) in [7, 11) is -3.46. The summed E-state index contributed by atoms with van der Waals surface area (Å²) in [5, 5.41) is 0. The fourth-order valence-electron chi connectivity index (χ4n) is 2.55. The molecule has 146 valence electrons. The fraction of sp³-hybridized carbons (Fsp3) is 1.00. The predicted octanol–water partition coefficient (Wildman–Crippen LogP) is 7.27. The van der Waals surface area contributed by atoms with Crippen LogP contribution in [-0.2, 0) is 18.1 Å². The Bertz CT molecular complexity index is 298. The predicted molar refractivity (Wildman–Crippen MR) is 102 cm³/mol. The van der Waals surface area contributed by atoms with Gasteiger partial charge in [0.1, 0.15) is 0 Å². The lowest BCUT2D eigenvalue weighted by molar-refractivity contribution is 0.0559. The van der Waals surface area contributed by atoms with Crippen molar-refractivity contribution in [1.29, 1.82) is 0 Å². The Balaban J connectivity index is 4.34. The minimum Gasteiger partial charge on any atom is -0.287 e. The number of phosphoric ester groups is 1.